The maximum absolute atomic E-state index is 11.0. The predicted octanol–water partition coefficient (Wildman–Crippen LogP) is 0.991. The van der Waals surface area contributed by atoms with E-state index < -0.39 is 0 Å². The summed E-state index contributed by atoms with van der Waals surface area (Å²) < 4.78 is 4.15. The largest absolute Gasteiger partial charge is 0.468 e. The average molecular weight is 213 g/mol. The second kappa shape index (κ2) is 5.85. The zero-order chi connectivity index (χ0) is 11.3. The third kappa shape index (κ3) is 3.30. The van der Waals surface area contributed by atoms with E-state index in [9.17, 15) is 9.59 Å². The molecule has 2 aliphatic rings. The van der Waals surface area contributed by atoms with Gasteiger partial charge in [-0.25, -0.2) is 0 Å². The molecule has 0 radical (unpaired) electrons. The Morgan fingerprint density at radius 3 is 2.27 bits per heavy atom. The molecule has 15 heavy (non-hydrogen) atoms. The molecule has 86 valence electrons. The minimum Gasteiger partial charge on any atom is -0.468 e. The van der Waals surface area contributed by atoms with E-state index in [0.717, 1.165) is 12.8 Å². The summed E-state index contributed by atoms with van der Waals surface area (Å²) in [5, 5.41) is 0. The third-order valence-corrected chi connectivity index (χ3v) is 3.15. The molecule has 4 nitrogen and oxygen atoms in total. The first kappa shape index (κ1) is 12.2. The van der Waals surface area contributed by atoms with Crippen LogP contribution in [0, 0.1) is 0 Å². The lowest BCUT2D eigenvalue weighted by atomic mass is 10.0. The molecule has 0 amide bonds. The van der Waals surface area contributed by atoms with Gasteiger partial charge in [0.05, 0.1) is 6.61 Å². The van der Waals surface area contributed by atoms with E-state index in [2.05, 4.69) is 16.7 Å². The molecule has 0 spiro atoms. The maximum Gasteiger partial charge on any atom is 0.293 e. The molecule has 2 saturated heterocycles. The van der Waals surface area contributed by atoms with Gasteiger partial charge < -0.3 is 4.74 Å². The van der Waals surface area contributed by atoms with Crippen LogP contribution in [0.2, 0.25) is 0 Å². The Hall–Kier alpha value is -0.900. The molecule has 4 heteroatoms. The first-order chi connectivity index (χ1) is 7.19. The molecule has 0 saturated carbocycles. The van der Waals surface area contributed by atoms with Gasteiger partial charge in [0.25, 0.3) is 6.47 Å². The Morgan fingerprint density at radius 1 is 1.40 bits per heavy atom. The molecule has 0 aromatic rings. The van der Waals surface area contributed by atoms with Gasteiger partial charge in [-0.3, -0.25) is 14.5 Å². The van der Waals surface area contributed by atoms with Crippen molar-refractivity contribution >= 4 is 12.3 Å². The van der Waals surface area contributed by atoms with Crippen molar-refractivity contribution in [3.63, 3.8) is 0 Å². The van der Waals surface area contributed by atoms with Crippen LogP contribution in [0.25, 0.3) is 0 Å². The molecule has 2 heterocycles. The van der Waals surface area contributed by atoms with Crippen LogP contribution in [0.5, 0.6) is 0 Å². The van der Waals surface area contributed by atoms with Crippen LogP contribution < -0.4 is 0 Å². The molecule has 2 unspecified atom stereocenters. The van der Waals surface area contributed by atoms with Gasteiger partial charge >= 0.3 is 0 Å². The number of nitrogens with zero attached hydrogens (tertiary/aromatic N) is 1. The van der Waals surface area contributed by atoms with Crippen molar-refractivity contribution in [1.29, 1.82) is 0 Å². The smallest absolute Gasteiger partial charge is 0.293 e. The van der Waals surface area contributed by atoms with Crippen LogP contribution in [0.15, 0.2) is 0 Å². The van der Waals surface area contributed by atoms with Gasteiger partial charge in [-0.15, -0.1) is 0 Å². The topological polar surface area (TPSA) is 46.6 Å². The lowest BCUT2D eigenvalue weighted by molar-refractivity contribution is -0.128. The van der Waals surface area contributed by atoms with Crippen LogP contribution in [0.3, 0.4) is 0 Å². The van der Waals surface area contributed by atoms with Crippen molar-refractivity contribution < 1.29 is 14.3 Å². The van der Waals surface area contributed by atoms with Crippen molar-refractivity contribution in [2.75, 3.05) is 13.7 Å². The molecule has 2 bridgehead atoms. The second-order valence-corrected chi connectivity index (χ2v) is 4.05. The van der Waals surface area contributed by atoms with Gasteiger partial charge in [0.15, 0.2) is 0 Å². The summed E-state index contributed by atoms with van der Waals surface area (Å²) in [4.78, 5) is 22.6. The fraction of sp³-hybridized carbons (Fsp3) is 0.818. The molecule has 2 atom stereocenters. The molecular formula is C11H19NO3. The molecule has 2 rings (SSSR count). The van der Waals surface area contributed by atoms with E-state index in [0.29, 0.717) is 30.9 Å². The number of piperidine rings is 1. The lowest BCUT2D eigenvalue weighted by Gasteiger charge is -2.29. The Labute approximate surface area is 90.6 Å². The summed E-state index contributed by atoms with van der Waals surface area (Å²) in [5.41, 5.74) is 0. The van der Waals surface area contributed by atoms with Gasteiger partial charge in [0.2, 0.25) is 0 Å². The highest BCUT2D eigenvalue weighted by atomic mass is 16.5. The normalized spacial score (nSPS) is 29.3. The zero-order valence-electron chi connectivity index (χ0n) is 9.44. The van der Waals surface area contributed by atoms with Crippen molar-refractivity contribution in [1.82, 2.24) is 4.90 Å². The molecule has 0 aromatic carbocycles. The molecular weight excluding hydrogens is 194 g/mol. The van der Waals surface area contributed by atoms with Gasteiger partial charge in [0.1, 0.15) is 5.78 Å². The quantitative estimate of drug-likeness (QED) is 0.642. The number of carbonyl (C=O) groups is 2. The molecule has 0 aromatic heterocycles. The Bertz CT molecular complexity index is 214. The van der Waals surface area contributed by atoms with Gasteiger partial charge in [-0.2, -0.15) is 0 Å². The van der Waals surface area contributed by atoms with E-state index in [1.807, 2.05) is 0 Å². The fourth-order valence-electron chi connectivity index (χ4n) is 2.26. The summed E-state index contributed by atoms with van der Waals surface area (Å²) in [6.45, 7) is 2.66. The summed E-state index contributed by atoms with van der Waals surface area (Å²) >= 11 is 0. The maximum atomic E-state index is 11.0. The van der Waals surface area contributed by atoms with Crippen LogP contribution >= 0.6 is 0 Å². The van der Waals surface area contributed by atoms with E-state index in [1.54, 1.807) is 6.92 Å². The van der Waals surface area contributed by atoms with Crippen LogP contribution in [0.1, 0.15) is 32.6 Å². The first-order valence-electron chi connectivity index (χ1n) is 5.48. The fourth-order valence-corrected chi connectivity index (χ4v) is 2.26. The first-order valence-corrected chi connectivity index (χ1v) is 5.48. The number of hydrogen-bond acceptors (Lipinski definition) is 4. The van der Waals surface area contributed by atoms with Crippen molar-refractivity contribution in [3.05, 3.63) is 0 Å². The van der Waals surface area contributed by atoms with E-state index in [4.69, 9.17) is 0 Å². The standard InChI is InChI=1S/C8H13NO.C3H6O2/c1-9-6-2-3-7(9)5-8(10)4-6;1-2-5-3-4/h6-7H,2-5H2,1H3;3H,2H2,1H3. The van der Waals surface area contributed by atoms with E-state index in [-0.39, 0.29) is 0 Å². The summed E-state index contributed by atoms with van der Waals surface area (Å²) in [5.74, 6) is 0.477. The lowest BCUT2D eigenvalue weighted by Crippen LogP contribution is -2.39. The SMILES string of the molecule is CCOC=O.CN1C2CCC1CC(=O)C2. The van der Waals surface area contributed by atoms with E-state index >= 15 is 0 Å². The number of ether oxygens (including phenoxy) is 1. The predicted molar refractivity (Wildman–Crippen MR) is 56.5 cm³/mol. The average Bonchev–Trinajstić information content (AvgIpc) is 2.45. The molecule has 0 aliphatic carbocycles. The van der Waals surface area contributed by atoms with Crippen LogP contribution in [-0.2, 0) is 14.3 Å². The number of rotatable bonds is 2. The van der Waals surface area contributed by atoms with Crippen molar-refractivity contribution in [2.45, 2.75) is 44.7 Å². The van der Waals surface area contributed by atoms with Gasteiger partial charge in [-0.05, 0) is 26.8 Å². The minimum atomic E-state index is 0.431. The van der Waals surface area contributed by atoms with Gasteiger partial charge in [0, 0.05) is 24.9 Å². The number of ketones is 1. The number of hydrogen-bond donors (Lipinski definition) is 0. The second-order valence-electron chi connectivity index (χ2n) is 4.05. The number of Topliss-reactive ketones (excluding diaryl/α,β-unsaturated/α-hetero) is 1. The van der Waals surface area contributed by atoms with Crippen LogP contribution in [0.4, 0.5) is 0 Å². The summed E-state index contributed by atoms with van der Waals surface area (Å²) in [6, 6.07) is 1.18. The van der Waals surface area contributed by atoms with Crippen molar-refractivity contribution in [3.8, 4) is 0 Å². The Balaban J connectivity index is 0.000000195. The van der Waals surface area contributed by atoms with Crippen LogP contribution in [-0.4, -0.2) is 42.9 Å². The highest BCUT2D eigenvalue weighted by Gasteiger charge is 2.37. The molecule has 2 aliphatic heterocycles. The zero-order valence-corrected chi connectivity index (χ0v) is 9.44. The highest BCUT2D eigenvalue weighted by Crippen LogP contribution is 2.31. The highest BCUT2D eigenvalue weighted by molar-refractivity contribution is 5.80. The van der Waals surface area contributed by atoms with Crippen molar-refractivity contribution in [2.24, 2.45) is 0 Å². The molecule has 2 fully saturated rings. The summed E-state index contributed by atoms with van der Waals surface area (Å²) in [6.07, 6.45) is 4.11. The van der Waals surface area contributed by atoms with E-state index in [1.165, 1.54) is 12.8 Å². The monoisotopic (exact) mass is 213 g/mol. The third-order valence-electron chi connectivity index (χ3n) is 3.15. The molecule has 0 N–H and O–H groups in total. The number of fused-ring (bicyclic) bond motifs is 2. The minimum absolute atomic E-state index is 0.431. The Morgan fingerprint density at radius 2 is 1.93 bits per heavy atom. The number of carbonyl (C=O) groups excluding carboxylic acids is 2. The Kier molecular flexibility index (Phi) is 4.75. The van der Waals surface area contributed by atoms with Gasteiger partial charge in [-0.1, -0.05) is 0 Å². The summed E-state index contributed by atoms with van der Waals surface area (Å²) in [7, 11) is 2.15.